The molecule has 108 valence electrons. The van der Waals surface area contributed by atoms with E-state index < -0.39 is 23.5 Å². The summed E-state index contributed by atoms with van der Waals surface area (Å²) in [6.45, 7) is 0. The average Bonchev–Trinajstić information content (AvgIpc) is 2.95. The van der Waals surface area contributed by atoms with E-state index in [1.165, 1.54) is 22.7 Å². The minimum absolute atomic E-state index is 0.137. The quantitative estimate of drug-likeness (QED) is 0.844. The van der Waals surface area contributed by atoms with Crippen LogP contribution in [0.3, 0.4) is 0 Å². The summed E-state index contributed by atoms with van der Waals surface area (Å²) in [6, 6.07) is 7.39. The molecule has 7 heteroatoms. The molecule has 0 radical (unpaired) electrons. The molecule has 2 aromatic rings. The van der Waals surface area contributed by atoms with Crippen LogP contribution in [0.2, 0.25) is 0 Å². The van der Waals surface area contributed by atoms with E-state index in [-0.39, 0.29) is 11.4 Å². The SMILES string of the molecule is O=C(O)[C@@H]1CSCN1C(=O)c1cc2ccccc2oc1=O. The van der Waals surface area contributed by atoms with Gasteiger partial charge in [-0.25, -0.2) is 9.59 Å². The lowest BCUT2D eigenvalue weighted by atomic mass is 10.1. The normalized spacial score (nSPS) is 18.1. The zero-order chi connectivity index (χ0) is 15.0. The first-order valence-corrected chi connectivity index (χ1v) is 7.38. The summed E-state index contributed by atoms with van der Waals surface area (Å²) in [7, 11) is 0. The van der Waals surface area contributed by atoms with Gasteiger partial charge in [0.2, 0.25) is 0 Å². The Balaban J connectivity index is 2.03. The predicted octanol–water partition coefficient (Wildman–Crippen LogP) is 1.39. The van der Waals surface area contributed by atoms with Crippen molar-refractivity contribution in [2.45, 2.75) is 6.04 Å². The molecule has 21 heavy (non-hydrogen) atoms. The molecule has 1 aliphatic heterocycles. The summed E-state index contributed by atoms with van der Waals surface area (Å²) in [5.74, 6) is -1.10. The molecular weight excluding hydrogens is 294 g/mol. The first-order valence-electron chi connectivity index (χ1n) is 6.22. The number of nitrogens with zero attached hydrogens (tertiary/aromatic N) is 1. The fourth-order valence-corrected chi connectivity index (χ4v) is 3.36. The molecule has 1 fully saturated rings. The molecule has 6 nitrogen and oxygen atoms in total. The minimum atomic E-state index is -1.07. The lowest BCUT2D eigenvalue weighted by Crippen LogP contribution is -2.43. The zero-order valence-electron chi connectivity index (χ0n) is 10.8. The van der Waals surface area contributed by atoms with E-state index in [4.69, 9.17) is 9.52 Å². The summed E-state index contributed by atoms with van der Waals surface area (Å²) in [6.07, 6.45) is 0. The van der Waals surface area contributed by atoms with E-state index in [9.17, 15) is 14.4 Å². The summed E-state index contributed by atoms with van der Waals surface area (Å²) >= 11 is 1.34. The van der Waals surface area contributed by atoms with E-state index in [2.05, 4.69) is 0 Å². The number of carboxylic acids is 1. The van der Waals surface area contributed by atoms with Crippen LogP contribution in [-0.2, 0) is 4.79 Å². The fraction of sp³-hybridized carbons (Fsp3) is 0.214. The lowest BCUT2D eigenvalue weighted by Gasteiger charge is -2.19. The van der Waals surface area contributed by atoms with Crippen molar-refractivity contribution < 1.29 is 19.1 Å². The molecule has 0 unspecified atom stereocenters. The van der Waals surface area contributed by atoms with Gasteiger partial charge in [-0.05, 0) is 12.1 Å². The van der Waals surface area contributed by atoms with E-state index >= 15 is 0 Å². The number of aliphatic carboxylic acids is 1. The number of thioether (sulfide) groups is 1. The molecule has 0 bridgehead atoms. The topological polar surface area (TPSA) is 87.8 Å². The third kappa shape index (κ3) is 2.40. The number of carbonyl (C=O) groups excluding carboxylic acids is 1. The molecule has 1 aromatic carbocycles. The molecule has 1 atom stereocenters. The van der Waals surface area contributed by atoms with Crippen molar-refractivity contribution >= 4 is 34.6 Å². The lowest BCUT2D eigenvalue weighted by molar-refractivity contribution is -0.140. The minimum Gasteiger partial charge on any atom is -0.480 e. The van der Waals surface area contributed by atoms with Gasteiger partial charge in [0.25, 0.3) is 5.91 Å². The van der Waals surface area contributed by atoms with Crippen LogP contribution < -0.4 is 5.63 Å². The molecule has 1 aliphatic rings. The van der Waals surface area contributed by atoms with Crippen molar-refractivity contribution in [3.05, 3.63) is 46.3 Å². The van der Waals surface area contributed by atoms with Gasteiger partial charge in [-0.2, -0.15) is 0 Å². The maximum absolute atomic E-state index is 12.4. The molecule has 0 saturated carbocycles. The van der Waals surface area contributed by atoms with Crippen LogP contribution in [0.1, 0.15) is 10.4 Å². The van der Waals surface area contributed by atoms with Crippen LogP contribution in [0, 0.1) is 0 Å². The molecule has 1 aromatic heterocycles. The second-order valence-electron chi connectivity index (χ2n) is 4.61. The van der Waals surface area contributed by atoms with Crippen molar-refractivity contribution in [2.75, 3.05) is 11.6 Å². The Morgan fingerprint density at radius 3 is 2.86 bits per heavy atom. The molecular formula is C14H11NO5S. The second kappa shape index (κ2) is 5.25. The molecule has 2 heterocycles. The van der Waals surface area contributed by atoms with Crippen LogP contribution in [0.5, 0.6) is 0 Å². The molecule has 3 rings (SSSR count). The number of amides is 1. The van der Waals surface area contributed by atoms with Gasteiger partial charge in [0.15, 0.2) is 0 Å². The van der Waals surface area contributed by atoms with Gasteiger partial charge in [0, 0.05) is 11.1 Å². The molecule has 1 N–H and O–H groups in total. The number of para-hydroxylation sites is 1. The molecule has 0 aliphatic carbocycles. The highest BCUT2D eigenvalue weighted by molar-refractivity contribution is 7.99. The van der Waals surface area contributed by atoms with Crippen LogP contribution in [0.4, 0.5) is 0 Å². The van der Waals surface area contributed by atoms with Crippen LogP contribution >= 0.6 is 11.8 Å². The third-order valence-corrected chi connectivity index (χ3v) is 4.31. The van der Waals surface area contributed by atoms with E-state index in [0.717, 1.165) is 0 Å². The Hall–Kier alpha value is -2.28. The van der Waals surface area contributed by atoms with Gasteiger partial charge in [-0.1, -0.05) is 18.2 Å². The molecule has 0 spiro atoms. The zero-order valence-corrected chi connectivity index (χ0v) is 11.6. The molecule has 1 amide bonds. The van der Waals surface area contributed by atoms with Gasteiger partial charge in [0.1, 0.15) is 17.2 Å². The van der Waals surface area contributed by atoms with E-state index in [1.54, 1.807) is 24.3 Å². The first-order chi connectivity index (χ1) is 10.1. The van der Waals surface area contributed by atoms with Crippen molar-refractivity contribution in [3.8, 4) is 0 Å². The Bertz CT molecular complexity index is 784. The van der Waals surface area contributed by atoms with E-state index in [1.807, 2.05) is 0 Å². The smallest absolute Gasteiger partial charge is 0.349 e. The summed E-state index contributed by atoms with van der Waals surface area (Å²) in [5.41, 5.74) is -0.494. The highest BCUT2D eigenvalue weighted by Gasteiger charge is 2.36. The van der Waals surface area contributed by atoms with Gasteiger partial charge in [0.05, 0.1) is 5.88 Å². The number of hydrogen-bond donors (Lipinski definition) is 1. The van der Waals surface area contributed by atoms with Crippen LogP contribution in [0.25, 0.3) is 11.0 Å². The van der Waals surface area contributed by atoms with Crippen LogP contribution in [0.15, 0.2) is 39.5 Å². The Kier molecular flexibility index (Phi) is 3.42. The van der Waals surface area contributed by atoms with Crippen molar-refractivity contribution in [3.63, 3.8) is 0 Å². The summed E-state index contributed by atoms with van der Waals surface area (Å²) in [5, 5.41) is 9.74. The highest BCUT2D eigenvalue weighted by atomic mass is 32.2. The number of benzene rings is 1. The maximum atomic E-state index is 12.4. The number of fused-ring (bicyclic) bond motifs is 1. The summed E-state index contributed by atoms with van der Waals surface area (Å²) < 4.78 is 5.11. The Labute approximate surface area is 123 Å². The number of rotatable bonds is 2. The third-order valence-electron chi connectivity index (χ3n) is 3.30. The highest BCUT2D eigenvalue weighted by Crippen LogP contribution is 2.23. The van der Waals surface area contributed by atoms with Gasteiger partial charge in [-0.15, -0.1) is 11.8 Å². The maximum Gasteiger partial charge on any atom is 0.349 e. The number of carbonyl (C=O) groups is 2. The molecule has 1 saturated heterocycles. The fourth-order valence-electron chi connectivity index (χ4n) is 2.21. The average molecular weight is 305 g/mol. The van der Waals surface area contributed by atoms with Gasteiger partial charge >= 0.3 is 11.6 Å². The van der Waals surface area contributed by atoms with Crippen molar-refractivity contribution in [1.82, 2.24) is 4.90 Å². The monoisotopic (exact) mass is 305 g/mol. The second-order valence-corrected chi connectivity index (χ2v) is 5.61. The van der Waals surface area contributed by atoms with Crippen molar-refractivity contribution in [1.29, 1.82) is 0 Å². The van der Waals surface area contributed by atoms with Gasteiger partial charge < -0.3 is 14.4 Å². The number of hydrogen-bond acceptors (Lipinski definition) is 5. The first kappa shape index (κ1) is 13.7. The Morgan fingerprint density at radius 1 is 1.33 bits per heavy atom. The standard InChI is InChI=1S/C14H11NO5S/c16-12(15-7-21-6-10(15)13(17)18)9-5-8-3-1-2-4-11(8)20-14(9)19/h1-5,10H,6-7H2,(H,17,18)/t10-/m0/s1. The Morgan fingerprint density at radius 2 is 2.10 bits per heavy atom. The van der Waals surface area contributed by atoms with Gasteiger partial charge in [-0.3, -0.25) is 4.79 Å². The largest absolute Gasteiger partial charge is 0.480 e. The number of carboxylic acid groups (broad SMARTS) is 1. The summed E-state index contributed by atoms with van der Waals surface area (Å²) in [4.78, 5) is 36.7. The van der Waals surface area contributed by atoms with E-state index in [0.29, 0.717) is 16.7 Å². The van der Waals surface area contributed by atoms with Crippen LogP contribution in [-0.4, -0.2) is 39.6 Å². The van der Waals surface area contributed by atoms with Crippen molar-refractivity contribution in [2.24, 2.45) is 0 Å². The predicted molar refractivity (Wildman–Crippen MR) is 77.4 cm³/mol.